The van der Waals surface area contributed by atoms with E-state index >= 15 is 0 Å². The van der Waals surface area contributed by atoms with E-state index in [1.165, 1.54) is 0 Å². The van der Waals surface area contributed by atoms with E-state index in [1.54, 1.807) is 42.5 Å². The first kappa shape index (κ1) is 19.0. The summed E-state index contributed by atoms with van der Waals surface area (Å²) in [6.45, 7) is 1.89. The smallest absolute Gasteiger partial charge is 0.336 e. The molecule has 4 N–H and O–H groups in total. The highest BCUT2D eigenvalue weighted by molar-refractivity contribution is 5.91. The Morgan fingerprint density at radius 2 is 1.58 bits per heavy atom. The second-order valence-electron chi connectivity index (χ2n) is 5.28. The van der Waals surface area contributed by atoms with Crippen molar-refractivity contribution in [3.05, 3.63) is 59.2 Å². The van der Waals surface area contributed by atoms with Crippen LogP contribution in [0.25, 0.3) is 0 Å². The van der Waals surface area contributed by atoms with Crippen molar-refractivity contribution in [1.82, 2.24) is 0 Å². The summed E-state index contributed by atoms with van der Waals surface area (Å²) in [5, 5.41) is 17.4. The van der Waals surface area contributed by atoms with Crippen LogP contribution < -0.4 is 10.6 Å². The molecule has 0 saturated heterocycles. The summed E-state index contributed by atoms with van der Waals surface area (Å²) in [5.41, 5.74) is 8.50. The molecule has 0 fully saturated rings. The molecule has 0 unspecified atom stereocenters. The van der Waals surface area contributed by atoms with Crippen LogP contribution in [0.3, 0.4) is 0 Å². The second-order valence-corrected chi connectivity index (χ2v) is 5.28. The molecule has 0 radical (unpaired) electrons. The van der Waals surface area contributed by atoms with Gasteiger partial charge in [0.1, 0.15) is 0 Å². The van der Waals surface area contributed by atoms with Crippen molar-refractivity contribution in [3.63, 3.8) is 0 Å². The van der Waals surface area contributed by atoms with Crippen LogP contribution in [0, 0.1) is 0 Å². The summed E-state index contributed by atoms with van der Waals surface area (Å²) in [4.78, 5) is 23.1. The summed E-state index contributed by atoms with van der Waals surface area (Å²) in [7, 11) is 3.82. The molecular formula is C18H22N2O4. The quantitative estimate of drug-likeness (QED) is 0.745. The highest BCUT2D eigenvalue weighted by Crippen LogP contribution is 2.17. The van der Waals surface area contributed by atoms with Crippen LogP contribution in [0.1, 0.15) is 33.2 Å². The van der Waals surface area contributed by atoms with Gasteiger partial charge in [0.15, 0.2) is 0 Å². The molecule has 6 nitrogen and oxygen atoms in total. The Kier molecular flexibility index (Phi) is 6.79. The minimum atomic E-state index is -0.917. The van der Waals surface area contributed by atoms with Gasteiger partial charge < -0.3 is 20.8 Å². The fourth-order valence-electron chi connectivity index (χ4n) is 2.10. The van der Waals surface area contributed by atoms with Gasteiger partial charge >= 0.3 is 11.9 Å². The van der Waals surface area contributed by atoms with Gasteiger partial charge in [-0.25, -0.2) is 9.59 Å². The van der Waals surface area contributed by atoms with E-state index in [0.29, 0.717) is 28.8 Å². The predicted molar refractivity (Wildman–Crippen MR) is 94.9 cm³/mol. The predicted octanol–water partition coefficient (Wildman–Crippen LogP) is 2.98. The van der Waals surface area contributed by atoms with Crippen molar-refractivity contribution in [2.75, 3.05) is 24.7 Å². The molecule has 2 aromatic carbocycles. The van der Waals surface area contributed by atoms with Crippen molar-refractivity contribution < 1.29 is 19.8 Å². The lowest BCUT2D eigenvalue weighted by Crippen LogP contribution is -2.08. The van der Waals surface area contributed by atoms with Crippen LogP contribution in [0.4, 0.5) is 11.4 Å². The van der Waals surface area contributed by atoms with Crippen LogP contribution in [0.2, 0.25) is 0 Å². The van der Waals surface area contributed by atoms with Crippen LogP contribution >= 0.6 is 0 Å². The van der Waals surface area contributed by atoms with E-state index in [9.17, 15) is 9.59 Å². The zero-order valence-corrected chi connectivity index (χ0v) is 14.0. The highest BCUT2D eigenvalue weighted by atomic mass is 16.4. The molecule has 0 aliphatic rings. The number of nitrogen functional groups attached to an aromatic ring is 1. The van der Waals surface area contributed by atoms with Gasteiger partial charge in [0.25, 0.3) is 0 Å². The summed E-state index contributed by atoms with van der Waals surface area (Å²) >= 11 is 0. The number of rotatable bonds is 4. The summed E-state index contributed by atoms with van der Waals surface area (Å²) in [6.07, 6.45) is 0.647. The van der Waals surface area contributed by atoms with Crippen LogP contribution in [-0.4, -0.2) is 36.2 Å². The first-order valence-electron chi connectivity index (χ1n) is 7.39. The van der Waals surface area contributed by atoms with Crippen molar-refractivity contribution in [3.8, 4) is 0 Å². The Labute approximate surface area is 141 Å². The van der Waals surface area contributed by atoms with Gasteiger partial charge in [-0.1, -0.05) is 13.0 Å². The Morgan fingerprint density at radius 1 is 1.00 bits per heavy atom. The first-order valence-corrected chi connectivity index (χ1v) is 7.39. The third-order valence-electron chi connectivity index (χ3n) is 3.43. The summed E-state index contributed by atoms with van der Waals surface area (Å²) in [6, 6.07) is 11.7. The van der Waals surface area contributed by atoms with Crippen molar-refractivity contribution in [1.29, 1.82) is 0 Å². The zero-order chi connectivity index (χ0) is 18.3. The maximum atomic E-state index is 10.7. The molecule has 0 spiro atoms. The van der Waals surface area contributed by atoms with Gasteiger partial charge in [0.2, 0.25) is 0 Å². The largest absolute Gasteiger partial charge is 0.478 e. The van der Waals surface area contributed by atoms with Crippen molar-refractivity contribution in [2.24, 2.45) is 0 Å². The Bertz CT molecular complexity index is 709. The highest BCUT2D eigenvalue weighted by Gasteiger charge is 2.09. The zero-order valence-electron chi connectivity index (χ0n) is 14.0. The average Bonchev–Trinajstić information content (AvgIpc) is 2.55. The molecule has 0 aromatic heterocycles. The number of benzene rings is 2. The minimum Gasteiger partial charge on any atom is -0.478 e. The minimum absolute atomic E-state index is 0.303. The molecule has 0 bridgehead atoms. The normalized spacial score (nSPS) is 9.62. The van der Waals surface area contributed by atoms with E-state index < -0.39 is 11.9 Å². The van der Waals surface area contributed by atoms with Gasteiger partial charge in [0.05, 0.1) is 11.1 Å². The lowest BCUT2D eigenvalue weighted by atomic mass is 10.0. The standard InChI is InChI=1S/2C9H11NO2/c1-10(2)8-5-3-7(4-6-8)9(11)12;1-2-6-7(9(11)12)4-3-5-8(6)10/h3-6H,1-2H3,(H,11,12);3-5H,2,10H2,1H3,(H,11,12). The molecule has 24 heavy (non-hydrogen) atoms. The lowest BCUT2D eigenvalue weighted by molar-refractivity contribution is 0.0685. The van der Waals surface area contributed by atoms with Gasteiger partial charge in [-0.3, -0.25) is 0 Å². The number of hydrogen-bond donors (Lipinski definition) is 3. The lowest BCUT2D eigenvalue weighted by Gasteiger charge is -2.11. The topological polar surface area (TPSA) is 104 Å². The van der Waals surface area contributed by atoms with E-state index in [-0.39, 0.29) is 0 Å². The molecule has 0 amide bonds. The van der Waals surface area contributed by atoms with Crippen molar-refractivity contribution >= 4 is 23.3 Å². The SMILES string of the molecule is CCc1c(N)cccc1C(=O)O.CN(C)c1ccc(C(=O)O)cc1. The van der Waals surface area contributed by atoms with E-state index in [2.05, 4.69) is 0 Å². The van der Waals surface area contributed by atoms with Gasteiger partial charge in [0, 0.05) is 25.5 Å². The maximum absolute atomic E-state index is 10.7. The van der Waals surface area contributed by atoms with E-state index in [4.69, 9.17) is 15.9 Å². The number of anilines is 2. The Balaban J connectivity index is 0.000000240. The summed E-state index contributed by atoms with van der Waals surface area (Å²) in [5.74, 6) is -1.81. The molecule has 0 heterocycles. The van der Waals surface area contributed by atoms with Crippen molar-refractivity contribution in [2.45, 2.75) is 13.3 Å². The average molecular weight is 330 g/mol. The molecule has 0 saturated carbocycles. The third-order valence-corrected chi connectivity index (χ3v) is 3.43. The number of nitrogens with zero attached hydrogens (tertiary/aromatic N) is 1. The molecule has 128 valence electrons. The number of carboxylic acids is 2. The molecule has 2 rings (SSSR count). The molecule has 0 aliphatic carbocycles. The van der Waals surface area contributed by atoms with Gasteiger partial charge in [-0.15, -0.1) is 0 Å². The fraction of sp³-hybridized carbons (Fsp3) is 0.222. The third kappa shape index (κ3) is 5.01. The number of aromatic carboxylic acids is 2. The van der Waals surface area contributed by atoms with E-state index in [1.807, 2.05) is 25.9 Å². The number of hydrogen-bond acceptors (Lipinski definition) is 4. The van der Waals surface area contributed by atoms with Gasteiger partial charge in [-0.2, -0.15) is 0 Å². The Hall–Kier alpha value is -3.02. The molecule has 0 aliphatic heterocycles. The number of carbonyl (C=O) groups is 2. The summed E-state index contributed by atoms with van der Waals surface area (Å²) < 4.78 is 0. The monoisotopic (exact) mass is 330 g/mol. The number of nitrogens with two attached hydrogens (primary N) is 1. The number of carboxylic acid groups (broad SMARTS) is 2. The fourth-order valence-corrected chi connectivity index (χ4v) is 2.10. The molecule has 6 heteroatoms. The van der Waals surface area contributed by atoms with Crippen LogP contribution in [-0.2, 0) is 6.42 Å². The molecular weight excluding hydrogens is 308 g/mol. The second kappa shape index (κ2) is 8.57. The van der Waals surface area contributed by atoms with Gasteiger partial charge in [-0.05, 0) is 48.4 Å². The molecule has 2 aromatic rings. The Morgan fingerprint density at radius 3 is 1.96 bits per heavy atom. The molecule has 0 atom stereocenters. The van der Waals surface area contributed by atoms with Crippen LogP contribution in [0.5, 0.6) is 0 Å². The van der Waals surface area contributed by atoms with E-state index in [0.717, 1.165) is 5.69 Å². The maximum Gasteiger partial charge on any atom is 0.336 e. The van der Waals surface area contributed by atoms with Crippen LogP contribution in [0.15, 0.2) is 42.5 Å². The first-order chi connectivity index (χ1) is 11.3.